The van der Waals surface area contributed by atoms with Crippen LogP contribution < -0.4 is 0 Å². The molecule has 1 aromatic rings. The first-order chi connectivity index (χ1) is 13.6. The molecule has 0 N–H and O–H groups in total. The maximum Gasteiger partial charge on any atom is 0.307 e. The molecule has 1 fully saturated rings. The molecule has 1 aromatic carbocycles. The summed E-state index contributed by atoms with van der Waals surface area (Å²) in [6.45, 7) is 6.89. The highest BCUT2D eigenvalue weighted by molar-refractivity contribution is 7.90. The van der Waals surface area contributed by atoms with Crippen LogP contribution in [0.4, 0.5) is 0 Å². The van der Waals surface area contributed by atoms with Crippen LogP contribution >= 0.6 is 0 Å². The second-order valence-corrected chi connectivity index (χ2v) is 9.73. The second kappa shape index (κ2) is 8.28. The van der Waals surface area contributed by atoms with E-state index in [1.807, 2.05) is 37.3 Å². The van der Waals surface area contributed by atoms with Crippen molar-refractivity contribution in [2.24, 2.45) is 17.8 Å². The lowest BCUT2D eigenvalue weighted by Gasteiger charge is -2.37. The number of hydrogen-bond acceptors (Lipinski definition) is 6. The predicted octanol–water partition coefficient (Wildman–Crippen LogP) is 2.48. The molecule has 0 aromatic heterocycles. The molecule has 0 saturated carbocycles. The third-order valence-electron chi connectivity index (χ3n) is 5.83. The van der Waals surface area contributed by atoms with Gasteiger partial charge in [-0.05, 0) is 24.5 Å². The number of carbonyl (C=O) groups is 2. The molecule has 1 aliphatic heterocycles. The van der Waals surface area contributed by atoms with Crippen LogP contribution in [-0.2, 0) is 35.7 Å². The van der Waals surface area contributed by atoms with E-state index < -0.39 is 33.2 Å². The molecule has 8 heteroatoms. The Labute approximate surface area is 171 Å². The molecule has 1 heterocycles. The van der Waals surface area contributed by atoms with Gasteiger partial charge in [-0.15, -0.1) is 0 Å². The van der Waals surface area contributed by atoms with Gasteiger partial charge in [0.2, 0.25) is 15.9 Å². The van der Waals surface area contributed by atoms with Gasteiger partial charge in [-0.25, -0.2) is 12.7 Å². The quantitative estimate of drug-likeness (QED) is 0.679. The number of amides is 1. The molecule has 5 atom stereocenters. The molecule has 3 rings (SSSR count). The van der Waals surface area contributed by atoms with Crippen LogP contribution in [0.3, 0.4) is 0 Å². The summed E-state index contributed by atoms with van der Waals surface area (Å²) in [5.74, 6) is -1.47. The zero-order valence-corrected chi connectivity index (χ0v) is 17.9. The second-order valence-electron chi connectivity index (χ2n) is 7.76. The van der Waals surface area contributed by atoms with Crippen LogP contribution in [0.5, 0.6) is 0 Å². The third kappa shape index (κ3) is 4.09. The zero-order valence-electron chi connectivity index (χ0n) is 17.1. The maximum absolute atomic E-state index is 13.0. The number of hydrogen-bond donors (Lipinski definition) is 0. The van der Waals surface area contributed by atoms with E-state index in [0.717, 1.165) is 9.87 Å². The van der Waals surface area contributed by atoms with Gasteiger partial charge in [0.15, 0.2) is 0 Å². The molecule has 7 nitrogen and oxygen atoms in total. The fourth-order valence-electron chi connectivity index (χ4n) is 4.55. The SMILES string of the molecule is CC(=O)OC1=C[C@@H]2[C@H]([C@@H](COCc3ccccc3)[C@@H]1C)[C@@H](C)N(C(C)=O)S2(=O)=O. The predicted molar refractivity (Wildman–Crippen MR) is 107 cm³/mol. The van der Waals surface area contributed by atoms with E-state index in [1.165, 1.54) is 19.9 Å². The Balaban J connectivity index is 1.90. The third-order valence-corrected chi connectivity index (χ3v) is 8.11. The van der Waals surface area contributed by atoms with E-state index in [-0.39, 0.29) is 17.8 Å². The topological polar surface area (TPSA) is 90.0 Å². The highest BCUT2D eigenvalue weighted by Gasteiger charge is 2.57. The molecule has 1 amide bonds. The molecule has 1 aliphatic carbocycles. The Morgan fingerprint density at radius 1 is 1.10 bits per heavy atom. The van der Waals surface area contributed by atoms with Crippen molar-refractivity contribution in [2.45, 2.75) is 45.6 Å². The van der Waals surface area contributed by atoms with E-state index in [9.17, 15) is 18.0 Å². The number of carbonyl (C=O) groups excluding carboxylic acids is 2. The summed E-state index contributed by atoms with van der Waals surface area (Å²) in [6.07, 6.45) is 1.50. The first kappa shape index (κ1) is 21.5. The number of allylic oxidation sites excluding steroid dienone is 1. The Morgan fingerprint density at radius 2 is 1.76 bits per heavy atom. The minimum Gasteiger partial charge on any atom is -0.431 e. The molecule has 1 saturated heterocycles. The standard InChI is InChI=1S/C21H27NO6S/c1-13-18(12-27-11-17-8-6-5-7-9-17)21-14(2)22(15(3)23)29(25,26)20(21)10-19(13)28-16(4)24/h5-10,13-14,18,20-21H,11-12H2,1-4H3/t13-,14+,18-,20+,21-/m0/s1. The first-order valence-corrected chi connectivity index (χ1v) is 11.2. The Morgan fingerprint density at radius 3 is 2.34 bits per heavy atom. The Hall–Kier alpha value is -2.19. The highest BCUT2D eigenvalue weighted by atomic mass is 32.2. The van der Waals surface area contributed by atoms with Crippen LogP contribution in [-0.4, -0.2) is 42.5 Å². The van der Waals surface area contributed by atoms with Gasteiger partial charge in [-0.3, -0.25) is 9.59 Å². The van der Waals surface area contributed by atoms with Crippen molar-refractivity contribution >= 4 is 21.9 Å². The summed E-state index contributed by atoms with van der Waals surface area (Å²) in [5, 5.41) is -0.919. The molecular weight excluding hydrogens is 394 g/mol. The van der Waals surface area contributed by atoms with Crippen LogP contribution in [0.1, 0.15) is 33.3 Å². The minimum absolute atomic E-state index is 0.222. The maximum atomic E-state index is 13.0. The normalized spacial score (nSPS) is 30.4. The van der Waals surface area contributed by atoms with Crippen LogP contribution in [0.25, 0.3) is 0 Å². The number of nitrogens with zero attached hydrogens (tertiary/aromatic N) is 1. The summed E-state index contributed by atoms with van der Waals surface area (Å²) < 4.78 is 38.3. The average Bonchev–Trinajstić information content (AvgIpc) is 2.83. The Bertz CT molecular complexity index is 910. The van der Waals surface area contributed by atoms with E-state index >= 15 is 0 Å². The molecule has 29 heavy (non-hydrogen) atoms. The van der Waals surface area contributed by atoms with Gasteiger partial charge in [0, 0.05) is 31.7 Å². The number of benzene rings is 1. The monoisotopic (exact) mass is 421 g/mol. The lowest BCUT2D eigenvalue weighted by Crippen LogP contribution is -2.42. The van der Waals surface area contributed by atoms with Crippen LogP contribution in [0.15, 0.2) is 42.2 Å². The number of fused-ring (bicyclic) bond motifs is 1. The number of sulfonamides is 1. The van der Waals surface area contributed by atoms with Crippen molar-refractivity contribution in [3.63, 3.8) is 0 Å². The summed E-state index contributed by atoms with van der Waals surface area (Å²) >= 11 is 0. The fraction of sp³-hybridized carbons (Fsp3) is 0.524. The smallest absolute Gasteiger partial charge is 0.307 e. The number of rotatable bonds is 5. The summed E-state index contributed by atoms with van der Waals surface area (Å²) in [6, 6.07) is 9.19. The summed E-state index contributed by atoms with van der Waals surface area (Å²) in [7, 11) is -3.88. The van der Waals surface area contributed by atoms with Crippen LogP contribution in [0, 0.1) is 17.8 Å². The van der Waals surface area contributed by atoms with Crippen molar-refractivity contribution in [2.75, 3.05) is 6.61 Å². The molecule has 2 aliphatic rings. The fourth-order valence-corrected chi connectivity index (χ4v) is 6.91. The Kier molecular flexibility index (Phi) is 6.14. The van der Waals surface area contributed by atoms with E-state index in [4.69, 9.17) is 9.47 Å². The molecule has 158 valence electrons. The zero-order chi connectivity index (χ0) is 21.3. The average molecular weight is 422 g/mol. The van der Waals surface area contributed by atoms with Crippen molar-refractivity contribution in [3.8, 4) is 0 Å². The number of ether oxygens (including phenoxy) is 2. The highest BCUT2D eigenvalue weighted by Crippen LogP contribution is 2.47. The van der Waals surface area contributed by atoms with Crippen molar-refractivity contribution in [1.29, 1.82) is 0 Å². The first-order valence-electron chi connectivity index (χ1n) is 9.70. The van der Waals surface area contributed by atoms with Crippen molar-refractivity contribution < 1.29 is 27.5 Å². The molecule has 0 bridgehead atoms. The van der Waals surface area contributed by atoms with E-state index in [2.05, 4.69) is 0 Å². The van der Waals surface area contributed by atoms with Gasteiger partial charge in [0.05, 0.1) is 13.2 Å². The van der Waals surface area contributed by atoms with Gasteiger partial charge < -0.3 is 9.47 Å². The molecular formula is C21H27NO6S. The van der Waals surface area contributed by atoms with Gasteiger partial charge in [0.25, 0.3) is 0 Å². The lowest BCUT2D eigenvalue weighted by atomic mass is 9.72. The summed E-state index contributed by atoms with van der Waals surface area (Å²) in [5.41, 5.74) is 1.01. The van der Waals surface area contributed by atoms with Crippen molar-refractivity contribution in [3.05, 3.63) is 47.7 Å². The van der Waals surface area contributed by atoms with Gasteiger partial charge in [0.1, 0.15) is 11.0 Å². The summed E-state index contributed by atoms with van der Waals surface area (Å²) in [4.78, 5) is 23.6. The van der Waals surface area contributed by atoms with Gasteiger partial charge >= 0.3 is 5.97 Å². The van der Waals surface area contributed by atoms with E-state index in [0.29, 0.717) is 19.0 Å². The van der Waals surface area contributed by atoms with Gasteiger partial charge in [-0.1, -0.05) is 37.3 Å². The van der Waals surface area contributed by atoms with Crippen LogP contribution in [0.2, 0.25) is 0 Å². The van der Waals surface area contributed by atoms with Crippen molar-refractivity contribution in [1.82, 2.24) is 4.31 Å². The molecule has 0 unspecified atom stereocenters. The largest absolute Gasteiger partial charge is 0.431 e. The lowest BCUT2D eigenvalue weighted by molar-refractivity contribution is -0.138. The minimum atomic E-state index is -3.88. The number of esters is 1. The molecule has 0 spiro atoms. The van der Waals surface area contributed by atoms with Gasteiger partial charge in [-0.2, -0.15) is 0 Å². The molecule has 0 radical (unpaired) electrons. The van der Waals surface area contributed by atoms with E-state index in [1.54, 1.807) is 6.92 Å².